The van der Waals surface area contributed by atoms with Gasteiger partial charge >= 0.3 is 0 Å². The summed E-state index contributed by atoms with van der Waals surface area (Å²) in [5, 5.41) is 6.16. The van der Waals surface area contributed by atoms with Gasteiger partial charge in [-0.3, -0.25) is 0 Å². The highest BCUT2D eigenvalue weighted by Crippen LogP contribution is 2.26. The summed E-state index contributed by atoms with van der Waals surface area (Å²) in [5.41, 5.74) is 3.80. The van der Waals surface area contributed by atoms with Crippen LogP contribution in [0.2, 0.25) is 0 Å². The Balaban J connectivity index is 2.50. The first-order valence-corrected chi connectivity index (χ1v) is 6.83. The average molecular weight is 284 g/mol. The number of hydrogen-bond donors (Lipinski definition) is 0. The maximum Gasteiger partial charge on any atom is 0.251 e. The van der Waals surface area contributed by atoms with E-state index in [-0.39, 0.29) is 0 Å². The van der Waals surface area contributed by atoms with Crippen LogP contribution in [0, 0.1) is 13.8 Å². The third kappa shape index (κ3) is 3.64. The number of rotatable bonds is 5. The Morgan fingerprint density at radius 2 is 2.00 bits per heavy atom. The lowest BCUT2D eigenvalue weighted by atomic mass is 10.2. The Hall–Kier alpha value is -2.27. The number of hydrazone groups is 1. The summed E-state index contributed by atoms with van der Waals surface area (Å²) in [6.45, 7) is 6.31. The van der Waals surface area contributed by atoms with E-state index in [2.05, 4.69) is 15.1 Å². The first-order chi connectivity index (χ1) is 10.2. The minimum Gasteiger partial charge on any atom is -0.378 e. The summed E-state index contributed by atoms with van der Waals surface area (Å²) in [4.78, 5) is 9.03. The van der Waals surface area contributed by atoms with Crippen molar-refractivity contribution in [2.75, 3.05) is 12.1 Å². The van der Waals surface area contributed by atoms with Gasteiger partial charge in [-0.25, -0.2) is 9.97 Å². The van der Waals surface area contributed by atoms with E-state index in [4.69, 9.17) is 4.74 Å². The van der Waals surface area contributed by atoms with Crippen LogP contribution in [0.3, 0.4) is 0 Å². The van der Waals surface area contributed by atoms with Crippen molar-refractivity contribution in [2.45, 2.75) is 27.4 Å². The van der Waals surface area contributed by atoms with Gasteiger partial charge < -0.3 is 4.74 Å². The second-order valence-electron chi connectivity index (χ2n) is 4.71. The largest absolute Gasteiger partial charge is 0.378 e. The molecule has 0 saturated heterocycles. The molecule has 0 aliphatic carbocycles. The van der Waals surface area contributed by atoms with Crippen LogP contribution in [0.4, 0.5) is 11.6 Å². The monoisotopic (exact) mass is 284 g/mol. The lowest BCUT2D eigenvalue weighted by Crippen LogP contribution is -2.15. The summed E-state index contributed by atoms with van der Waals surface area (Å²) in [5.74, 6) is 0.550. The molecule has 2 rings (SSSR count). The molecule has 5 nitrogen and oxygen atoms in total. The number of anilines is 2. The van der Waals surface area contributed by atoms with E-state index in [1.807, 2.05) is 51.1 Å². The molecule has 2 aromatic rings. The molecule has 21 heavy (non-hydrogen) atoms. The number of methoxy groups -OCH3 is 1. The summed E-state index contributed by atoms with van der Waals surface area (Å²) in [6.07, 6.45) is 1.73. The molecule has 0 bridgehead atoms. The van der Waals surface area contributed by atoms with Crippen LogP contribution in [0.1, 0.15) is 23.9 Å². The van der Waals surface area contributed by atoms with Gasteiger partial charge in [-0.1, -0.05) is 18.2 Å². The summed E-state index contributed by atoms with van der Waals surface area (Å²) in [6, 6.07) is 9.94. The van der Waals surface area contributed by atoms with Crippen LogP contribution in [0.15, 0.2) is 35.4 Å². The number of hydrogen-bond acceptors (Lipinski definition) is 5. The number of para-hydroxylation sites is 1. The zero-order valence-electron chi connectivity index (χ0n) is 12.9. The van der Waals surface area contributed by atoms with Crippen LogP contribution in [0.25, 0.3) is 0 Å². The van der Waals surface area contributed by atoms with E-state index in [1.54, 1.807) is 18.3 Å². The SMILES string of the molecule is CC=NN(c1nc(C)cc(COC)n1)c1ccccc1C. The number of aromatic nitrogens is 2. The lowest BCUT2D eigenvalue weighted by molar-refractivity contribution is 0.181. The topological polar surface area (TPSA) is 50.6 Å². The van der Waals surface area contributed by atoms with E-state index in [0.717, 1.165) is 22.6 Å². The first kappa shape index (κ1) is 15.1. The van der Waals surface area contributed by atoms with Gasteiger partial charge in [0.05, 0.1) is 18.0 Å². The standard InChI is InChI=1S/C16H20N4O/c1-5-17-20(15-9-7-6-8-12(15)2)16-18-13(3)10-14(19-16)11-21-4/h5-10H,11H2,1-4H3. The van der Waals surface area contributed by atoms with E-state index >= 15 is 0 Å². The molecule has 1 aromatic carbocycles. The van der Waals surface area contributed by atoms with Gasteiger partial charge in [-0.2, -0.15) is 10.1 Å². The Kier molecular flexibility index (Phi) is 5.00. The third-order valence-corrected chi connectivity index (χ3v) is 2.95. The fraction of sp³-hybridized carbons (Fsp3) is 0.312. The molecule has 5 heteroatoms. The maximum absolute atomic E-state index is 5.16. The Morgan fingerprint density at radius 3 is 2.67 bits per heavy atom. The molecule has 110 valence electrons. The molecule has 0 aliphatic rings. The van der Waals surface area contributed by atoms with Gasteiger partial charge in [0.15, 0.2) is 0 Å². The molecular weight excluding hydrogens is 264 g/mol. The second-order valence-corrected chi connectivity index (χ2v) is 4.71. The van der Waals surface area contributed by atoms with Crippen molar-refractivity contribution in [2.24, 2.45) is 5.10 Å². The highest BCUT2D eigenvalue weighted by Gasteiger charge is 2.14. The van der Waals surface area contributed by atoms with Crippen LogP contribution >= 0.6 is 0 Å². The number of aryl methyl sites for hydroxylation is 2. The molecule has 0 aliphatic heterocycles. The summed E-state index contributed by atoms with van der Waals surface area (Å²) < 4.78 is 5.16. The predicted molar refractivity (Wildman–Crippen MR) is 85.0 cm³/mol. The van der Waals surface area contributed by atoms with E-state index < -0.39 is 0 Å². The van der Waals surface area contributed by atoms with E-state index in [1.165, 1.54) is 0 Å². The molecule has 0 fully saturated rings. The predicted octanol–water partition coefficient (Wildman–Crippen LogP) is 3.38. The number of ether oxygens (including phenoxy) is 1. The van der Waals surface area contributed by atoms with Gasteiger partial charge in [0.1, 0.15) is 0 Å². The Bertz CT molecular complexity index is 640. The van der Waals surface area contributed by atoms with Crippen molar-refractivity contribution in [1.29, 1.82) is 0 Å². The molecule has 0 amide bonds. The van der Waals surface area contributed by atoms with Crippen molar-refractivity contribution in [3.63, 3.8) is 0 Å². The summed E-state index contributed by atoms with van der Waals surface area (Å²) in [7, 11) is 1.65. The third-order valence-electron chi connectivity index (χ3n) is 2.95. The van der Waals surface area contributed by atoms with Gasteiger partial charge in [-0.05, 0) is 38.5 Å². The number of benzene rings is 1. The van der Waals surface area contributed by atoms with Gasteiger partial charge in [-0.15, -0.1) is 0 Å². The zero-order valence-corrected chi connectivity index (χ0v) is 12.9. The molecule has 0 atom stereocenters. The molecule has 0 spiro atoms. The molecule has 0 N–H and O–H groups in total. The maximum atomic E-state index is 5.16. The first-order valence-electron chi connectivity index (χ1n) is 6.83. The van der Waals surface area contributed by atoms with Crippen molar-refractivity contribution < 1.29 is 4.74 Å². The fourth-order valence-corrected chi connectivity index (χ4v) is 2.07. The highest BCUT2D eigenvalue weighted by atomic mass is 16.5. The van der Waals surface area contributed by atoms with Crippen molar-refractivity contribution in [3.8, 4) is 0 Å². The Morgan fingerprint density at radius 1 is 1.24 bits per heavy atom. The zero-order chi connectivity index (χ0) is 15.2. The quantitative estimate of drug-likeness (QED) is 0.624. The highest BCUT2D eigenvalue weighted by molar-refractivity contribution is 5.65. The van der Waals surface area contributed by atoms with E-state index in [9.17, 15) is 0 Å². The fourth-order valence-electron chi connectivity index (χ4n) is 2.07. The molecule has 0 unspecified atom stereocenters. The Labute approximate surface area is 125 Å². The molecule has 1 aromatic heterocycles. The minimum atomic E-state index is 0.452. The van der Waals surface area contributed by atoms with Crippen LogP contribution in [0.5, 0.6) is 0 Å². The van der Waals surface area contributed by atoms with Gasteiger partial charge in [0.25, 0.3) is 5.95 Å². The molecular formula is C16H20N4O. The molecule has 0 saturated carbocycles. The van der Waals surface area contributed by atoms with Crippen molar-refractivity contribution in [1.82, 2.24) is 9.97 Å². The average Bonchev–Trinajstić information content (AvgIpc) is 2.45. The molecule has 0 radical (unpaired) electrons. The van der Waals surface area contributed by atoms with Crippen molar-refractivity contribution >= 4 is 17.9 Å². The number of nitrogens with zero attached hydrogens (tertiary/aromatic N) is 4. The molecule has 1 heterocycles. The van der Waals surface area contributed by atoms with Crippen LogP contribution < -0.4 is 5.01 Å². The lowest BCUT2D eigenvalue weighted by Gasteiger charge is -2.19. The normalized spacial score (nSPS) is 11.0. The van der Waals surface area contributed by atoms with Gasteiger partial charge in [0, 0.05) is 19.0 Å². The minimum absolute atomic E-state index is 0.452. The van der Waals surface area contributed by atoms with Gasteiger partial charge in [0.2, 0.25) is 0 Å². The van der Waals surface area contributed by atoms with Crippen molar-refractivity contribution in [3.05, 3.63) is 47.3 Å². The summed E-state index contributed by atoms with van der Waals surface area (Å²) >= 11 is 0. The van der Waals surface area contributed by atoms with Crippen LogP contribution in [-0.4, -0.2) is 23.3 Å². The second kappa shape index (κ2) is 6.95. The van der Waals surface area contributed by atoms with E-state index in [0.29, 0.717) is 12.6 Å². The van der Waals surface area contributed by atoms with Crippen LogP contribution in [-0.2, 0) is 11.3 Å². The smallest absolute Gasteiger partial charge is 0.251 e.